The van der Waals surface area contributed by atoms with Crippen LogP contribution in [0.5, 0.6) is 0 Å². The van der Waals surface area contributed by atoms with E-state index in [9.17, 15) is 4.79 Å². The van der Waals surface area contributed by atoms with E-state index in [1.54, 1.807) is 6.08 Å². The van der Waals surface area contributed by atoms with Crippen LogP contribution in [0.3, 0.4) is 0 Å². The number of nitrogens with zero attached hydrogens (tertiary/aromatic N) is 4. The second kappa shape index (κ2) is 9.72. The van der Waals surface area contributed by atoms with Gasteiger partial charge in [0.15, 0.2) is 16.1 Å². The van der Waals surface area contributed by atoms with Crippen LogP contribution in [-0.4, -0.2) is 31.4 Å². The Morgan fingerprint density at radius 3 is 2.74 bits per heavy atom. The first-order valence-electron chi connectivity index (χ1n) is 9.69. The lowest BCUT2D eigenvalue weighted by Gasteiger charge is -2.08. The standard InChI is InChI=1S/C23H21N5OS2/c1-3-12-28-21(18-11-7-8-16(2)13-18)26-27-23(28)31-15-20(29)25-22-24-19(14-30-22)17-9-5-4-6-10-17/h3-11,13-14H,1,12,15H2,2H3,(H,24,25,29). The molecular weight excluding hydrogens is 426 g/mol. The van der Waals surface area contributed by atoms with Crippen LogP contribution < -0.4 is 5.32 Å². The van der Waals surface area contributed by atoms with Crippen molar-refractivity contribution in [2.45, 2.75) is 18.6 Å². The Balaban J connectivity index is 1.43. The van der Waals surface area contributed by atoms with E-state index in [0.717, 1.165) is 28.2 Å². The number of carbonyl (C=O) groups is 1. The van der Waals surface area contributed by atoms with Crippen molar-refractivity contribution in [1.82, 2.24) is 19.7 Å². The van der Waals surface area contributed by atoms with Crippen molar-refractivity contribution in [1.29, 1.82) is 0 Å². The van der Waals surface area contributed by atoms with Crippen LogP contribution in [0.25, 0.3) is 22.6 Å². The number of nitrogens with one attached hydrogen (secondary N) is 1. The fraction of sp³-hybridized carbons (Fsp3) is 0.130. The fourth-order valence-electron chi connectivity index (χ4n) is 3.04. The Hall–Kier alpha value is -3.23. The number of rotatable bonds is 8. The summed E-state index contributed by atoms with van der Waals surface area (Å²) in [4.78, 5) is 17.0. The summed E-state index contributed by atoms with van der Waals surface area (Å²) in [6.45, 7) is 6.44. The quantitative estimate of drug-likeness (QED) is 0.293. The smallest absolute Gasteiger partial charge is 0.236 e. The first-order chi connectivity index (χ1) is 15.1. The molecule has 0 bridgehead atoms. The van der Waals surface area contributed by atoms with Gasteiger partial charge in [-0.15, -0.1) is 28.1 Å². The Morgan fingerprint density at radius 2 is 1.97 bits per heavy atom. The average molecular weight is 448 g/mol. The summed E-state index contributed by atoms with van der Waals surface area (Å²) in [5.74, 6) is 0.840. The predicted molar refractivity (Wildman–Crippen MR) is 127 cm³/mol. The Labute approximate surface area is 189 Å². The highest BCUT2D eigenvalue weighted by Gasteiger charge is 2.16. The van der Waals surface area contributed by atoms with Gasteiger partial charge in [0.2, 0.25) is 5.91 Å². The maximum Gasteiger partial charge on any atom is 0.236 e. The SMILES string of the molecule is C=CCn1c(SCC(=O)Nc2nc(-c3ccccc3)cs2)nnc1-c1cccc(C)c1. The number of hydrogen-bond donors (Lipinski definition) is 1. The molecule has 1 N–H and O–H groups in total. The number of carbonyl (C=O) groups excluding carboxylic acids is 1. The lowest BCUT2D eigenvalue weighted by atomic mass is 10.1. The second-order valence-corrected chi connectivity index (χ2v) is 8.62. The number of anilines is 1. The highest BCUT2D eigenvalue weighted by Crippen LogP contribution is 2.27. The molecular formula is C23H21N5OS2. The zero-order chi connectivity index (χ0) is 21.6. The maximum atomic E-state index is 12.5. The van der Waals surface area contributed by atoms with Gasteiger partial charge >= 0.3 is 0 Å². The molecule has 156 valence electrons. The molecule has 0 radical (unpaired) electrons. The minimum atomic E-state index is -0.135. The fourth-order valence-corrected chi connectivity index (χ4v) is 4.53. The van der Waals surface area contributed by atoms with Gasteiger partial charge in [-0.3, -0.25) is 9.36 Å². The van der Waals surface area contributed by atoms with Crippen molar-refractivity contribution in [2.75, 3.05) is 11.1 Å². The van der Waals surface area contributed by atoms with Crippen molar-refractivity contribution in [3.05, 3.63) is 78.2 Å². The molecule has 0 fully saturated rings. The van der Waals surface area contributed by atoms with Gasteiger partial charge < -0.3 is 5.32 Å². The van der Waals surface area contributed by atoms with E-state index >= 15 is 0 Å². The molecule has 2 heterocycles. The molecule has 8 heteroatoms. The molecule has 0 unspecified atom stereocenters. The van der Waals surface area contributed by atoms with Gasteiger partial charge in [-0.1, -0.05) is 71.9 Å². The molecule has 0 aliphatic carbocycles. The van der Waals surface area contributed by atoms with Gasteiger partial charge in [0.25, 0.3) is 0 Å². The van der Waals surface area contributed by atoms with Gasteiger partial charge in [0.05, 0.1) is 11.4 Å². The van der Waals surface area contributed by atoms with Crippen molar-refractivity contribution in [3.63, 3.8) is 0 Å². The molecule has 0 aliphatic heterocycles. The third kappa shape index (κ3) is 5.10. The van der Waals surface area contributed by atoms with Gasteiger partial charge in [-0.2, -0.15) is 0 Å². The molecule has 1 amide bonds. The van der Waals surface area contributed by atoms with E-state index < -0.39 is 0 Å². The molecule has 4 rings (SSSR count). The largest absolute Gasteiger partial charge is 0.301 e. The molecule has 2 aromatic heterocycles. The van der Waals surface area contributed by atoms with E-state index in [0.29, 0.717) is 16.8 Å². The average Bonchev–Trinajstić information content (AvgIpc) is 3.40. The lowest BCUT2D eigenvalue weighted by molar-refractivity contribution is -0.113. The number of allylic oxidation sites excluding steroid dienone is 1. The summed E-state index contributed by atoms with van der Waals surface area (Å²) >= 11 is 2.75. The first-order valence-corrected chi connectivity index (χ1v) is 11.6. The van der Waals surface area contributed by atoms with Crippen LogP contribution in [0.15, 0.2) is 77.8 Å². The van der Waals surface area contributed by atoms with Crippen molar-refractivity contribution in [2.24, 2.45) is 0 Å². The van der Waals surface area contributed by atoms with Crippen LogP contribution in [0.2, 0.25) is 0 Å². The van der Waals surface area contributed by atoms with Gasteiger partial charge in [0, 0.05) is 23.1 Å². The van der Waals surface area contributed by atoms with Crippen LogP contribution >= 0.6 is 23.1 Å². The number of thioether (sulfide) groups is 1. The van der Waals surface area contributed by atoms with Crippen molar-refractivity contribution < 1.29 is 4.79 Å². The molecule has 31 heavy (non-hydrogen) atoms. The number of aromatic nitrogens is 4. The van der Waals surface area contributed by atoms with Gasteiger partial charge in [0.1, 0.15) is 0 Å². The van der Waals surface area contributed by atoms with E-state index in [1.165, 1.54) is 23.1 Å². The lowest BCUT2D eigenvalue weighted by Crippen LogP contribution is -2.14. The van der Waals surface area contributed by atoms with E-state index in [2.05, 4.69) is 33.1 Å². The van der Waals surface area contributed by atoms with Gasteiger partial charge in [-0.05, 0) is 13.0 Å². The zero-order valence-corrected chi connectivity index (χ0v) is 18.6. The minimum absolute atomic E-state index is 0.135. The topological polar surface area (TPSA) is 72.7 Å². The van der Waals surface area contributed by atoms with Crippen LogP contribution in [0.4, 0.5) is 5.13 Å². The summed E-state index contributed by atoms with van der Waals surface area (Å²) in [5.41, 5.74) is 4.01. The van der Waals surface area contributed by atoms with Crippen LogP contribution in [0.1, 0.15) is 5.56 Å². The van der Waals surface area contributed by atoms with Crippen LogP contribution in [-0.2, 0) is 11.3 Å². The third-order valence-electron chi connectivity index (χ3n) is 4.46. The molecule has 0 saturated heterocycles. The highest BCUT2D eigenvalue weighted by molar-refractivity contribution is 7.99. The van der Waals surface area contributed by atoms with E-state index in [1.807, 2.05) is 65.4 Å². The number of aryl methyl sites for hydroxylation is 1. The summed E-state index contributed by atoms with van der Waals surface area (Å²) < 4.78 is 1.97. The summed E-state index contributed by atoms with van der Waals surface area (Å²) in [7, 11) is 0. The van der Waals surface area contributed by atoms with E-state index in [-0.39, 0.29) is 11.7 Å². The number of amides is 1. The molecule has 0 saturated carbocycles. The molecule has 4 aromatic rings. The maximum absolute atomic E-state index is 12.5. The van der Waals surface area contributed by atoms with Crippen molar-refractivity contribution >= 4 is 34.1 Å². The monoisotopic (exact) mass is 447 g/mol. The normalized spacial score (nSPS) is 10.7. The van der Waals surface area contributed by atoms with E-state index in [4.69, 9.17) is 0 Å². The highest BCUT2D eigenvalue weighted by atomic mass is 32.2. The molecule has 0 atom stereocenters. The summed E-state index contributed by atoms with van der Waals surface area (Å²) in [5, 5.41) is 14.7. The predicted octanol–water partition coefficient (Wildman–Crippen LogP) is 5.29. The third-order valence-corrected chi connectivity index (χ3v) is 6.18. The molecule has 0 spiro atoms. The molecule has 6 nitrogen and oxygen atoms in total. The Morgan fingerprint density at radius 1 is 1.16 bits per heavy atom. The zero-order valence-electron chi connectivity index (χ0n) is 17.0. The first kappa shape index (κ1) is 21.0. The Bertz CT molecular complexity index is 1200. The van der Waals surface area contributed by atoms with Crippen LogP contribution in [0, 0.1) is 6.92 Å². The number of thiazole rings is 1. The molecule has 2 aromatic carbocycles. The number of hydrogen-bond acceptors (Lipinski definition) is 6. The van der Waals surface area contributed by atoms with Gasteiger partial charge in [-0.25, -0.2) is 4.98 Å². The molecule has 0 aliphatic rings. The minimum Gasteiger partial charge on any atom is -0.301 e. The summed E-state index contributed by atoms with van der Waals surface area (Å²) in [6.07, 6.45) is 1.80. The Kier molecular flexibility index (Phi) is 6.59. The second-order valence-electron chi connectivity index (χ2n) is 6.82. The number of benzene rings is 2. The summed E-state index contributed by atoms with van der Waals surface area (Å²) in [6, 6.07) is 18.0. The van der Waals surface area contributed by atoms with Crippen molar-refractivity contribution in [3.8, 4) is 22.6 Å².